The van der Waals surface area contributed by atoms with Gasteiger partial charge >= 0.3 is 11.9 Å². The average molecular weight is 1050 g/mol. The molecule has 0 aromatic carbocycles. The molecule has 18 nitrogen and oxygen atoms in total. The number of cyclic esters (lactones) is 1. The summed E-state index contributed by atoms with van der Waals surface area (Å²) in [4.78, 5) is 24.7. The molecule has 0 amide bonds. The van der Waals surface area contributed by atoms with E-state index in [1.165, 1.54) is 32.1 Å². The molecule has 1 rings (SSSR count). The van der Waals surface area contributed by atoms with Crippen LogP contribution in [0.5, 0.6) is 0 Å². The Morgan fingerprint density at radius 2 is 1.11 bits per heavy atom. The average Bonchev–Trinajstić information content (AvgIpc) is 3.32. The highest BCUT2D eigenvalue weighted by Gasteiger charge is 2.34. The first-order chi connectivity index (χ1) is 34.0. The van der Waals surface area contributed by atoms with Crippen LogP contribution in [0.3, 0.4) is 0 Å². The molecule has 424 valence electrons. The van der Waals surface area contributed by atoms with Crippen molar-refractivity contribution in [1.82, 2.24) is 0 Å². The van der Waals surface area contributed by atoms with E-state index in [0.29, 0.717) is 31.3 Å². The van der Waals surface area contributed by atoms with E-state index in [1.807, 2.05) is 13.0 Å². The zero-order chi connectivity index (χ0) is 55.9. The molecule has 1 aliphatic heterocycles. The summed E-state index contributed by atoms with van der Waals surface area (Å²) in [5, 5.41) is 161. The van der Waals surface area contributed by atoms with Crippen molar-refractivity contribution in [1.29, 1.82) is 0 Å². The fourth-order valence-corrected chi connectivity index (χ4v) is 9.04. The number of aliphatic carboxylic acids is 1. The molecule has 22 atom stereocenters. The van der Waals surface area contributed by atoms with Gasteiger partial charge in [0.15, 0.2) is 0 Å². The highest BCUT2D eigenvalue weighted by molar-refractivity contribution is 5.87. The van der Waals surface area contributed by atoms with Crippen LogP contribution >= 0.6 is 0 Å². The molecule has 0 aliphatic carbocycles. The van der Waals surface area contributed by atoms with Crippen LogP contribution in [0.4, 0.5) is 0 Å². The molecule has 0 spiro atoms. The summed E-state index contributed by atoms with van der Waals surface area (Å²) in [7, 11) is 0. The van der Waals surface area contributed by atoms with Gasteiger partial charge in [-0.15, -0.1) is 0 Å². The number of hydrogen-bond donors (Lipinski definition) is 15. The molecule has 73 heavy (non-hydrogen) atoms. The number of carbonyl (C=O) groups is 2. The second-order valence-corrected chi connectivity index (χ2v) is 21.4. The van der Waals surface area contributed by atoms with Gasteiger partial charge in [0, 0.05) is 60.3 Å². The van der Waals surface area contributed by atoms with Crippen molar-refractivity contribution >= 4 is 11.9 Å². The van der Waals surface area contributed by atoms with Crippen molar-refractivity contribution in [2.24, 2.45) is 41.4 Å². The van der Waals surface area contributed by atoms with Crippen LogP contribution in [0.2, 0.25) is 0 Å². The zero-order valence-electron chi connectivity index (χ0n) is 44.7. The number of aliphatic hydroxyl groups is 14. The third-order valence-corrected chi connectivity index (χ3v) is 14.9. The number of rotatable bonds is 3. The van der Waals surface area contributed by atoms with Gasteiger partial charge < -0.3 is 81.3 Å². The third kappa shape index (κ3) is 25.7. The summed E-state index contributed by atoms with van der Waals surface area (Å²) in [5.41, 5.74) is 0.574. The first-order valence-electron chi connectivity index (χ1n) is 26.3. The van der Waals surface area contributed by atoms with E-state index < -0.39 is 133 Å². The fourth-order valence-electron chi connectivity index (χ4n) is 9.04. The van der Waals surface area contributed by atoms with Crippen LogP contribution in [0, 0.1) is 41.4 Å². The standard InChI is InChI=1S/C55H96O18/c1-30-14-10-11-18-45(62)36(7)53(70)31(2)15-12-16-33(4)55(72)73-50(22-23-51(67)68)35(6)44(61)19-13-17-39(56)25-40(57)27-46(63)37(8)54(71)38(9)47(64)28-41(58)26-42(59)29-49(66)48(65)24-34(5)52(69)32(3)20-21-43(30)60/h10,13-14,16-17,20-21,24,30-32,35-50,52-54,56-66,69-71H,11-12,15,18-19,22-23,25-29H2,1-9H3,(H,67,68)/b14-10+,17-13+,21-20+,33-16+,34-24+/t30-,31-,32-,35+,36+,37+,38-,39-,40-,41-,42+,43-,44-,45+,46+,47-,48-,49-,50+,52+,53+,54-/m1/s1. The summed E-state index contributed by atoms with van der Waals surface area (Å²) in [5.74, 6) is -5.91. The van der Waals surface area contributed by atoms with Gasteiger partial charge in [-0.2, -0.15) is 0 Å². The predicted molar refractivity (Wildman–Crippen MR) is 276 cm³/mol. The number of ether oxygens (including phenoxy) is 1. The molecule has 1 heterocycles. The molecule has 0 aromatic rings. The Balaban J connectivity index is 3.28. The van der Waals surface area contributed by atoms with Crippen molar-refractivity contribution < 1.29 is 90.9 Å². The first-order valence-corrected chi connectivity index (χ1v) is 26.3. The number of esters is 1. The van der Waals surface area contributed by atoms with Gasteiger partial charge in [-0.1, -0.05) is 97.1 Å². The van der Waals surface area contributed by atoms with E-state index in [2.05, 4.69) is 0 Å². The number of allylic oxidation sites excluding steroid dienone is 2. The Labute approximate surface area is 433 Å². The van der Waals surface area contributed by atoms with E-state index in [9.17, 15) is 86.2 Å². The topological polar surface area (TPSA) is 347 Å². The Bertz CT molecular complexity index is 1720. The Hall–Kier alpha value is -2.92. The van der Waals surface area contributed by atoms with Crippen molar-refractivity contribution in [3.63, 3.8) is 0 Å². The highest BCUT2D eigenvalue weighted by Crippen LogP contribution is 2.28. The molecule has 0 bridgehead atoms. The summed E-state index contributed by atoms with van der Waals surface area (Å²) in [6.45, 7) is 14.8. The highest BCUT2D eigenvalue weighted by atomic mass is 16.5. The summed E-state index contributed by atoms with van der Waals surface area (Å²) >= 11 is 0. The smallest absolute Gasteiger partial charge is 0.333 e. The lowest BCUT2D eigenvalue weighted by Crippen LogP contribution is -2.41. The van der Waals surface area contributed by atoms with Gasteiger partial charge in [-0.3, -0.25) is 4.79 Å². The second-order valence-electron chi connectivity index (χ2n) is 21.4. The van der Waals surface area contributed by atoms with Crippen LogP contribution in [-0.2, 0) is 14.3 Å². The molecule has 0 radical (unpaired) electrons. The predicted octanol–water partition coefficient (Wildman–Crippen LogP) is 2.74. The fraction of sp³-hybridized carbons (Fsp3) is 0.782. The second kappa shape index (κ2) is 34.7. The maximum Gasteiger partial charge on any atom is 0.333 e. The molecule has 1 aliphatic rings. The third-order valence-electron chi connectivity index (χ3n) is 14.9. The number of carboxylic acids is 1. The Morgan fingerprint density at radius 3 is 1.68 bits per heavy atom. The van der Waals surface area contributed by atoms with Crippen molar-refractivity contribution in [2.45, 2.75) is 231 Å². The van der Waals surface area contributed by atoms with Crippen molar-refractivity contribution in [3.05, 3.63) is 59.8 Å². The van der Waals surface area contributed by atoms with Gasteiger partial charge in [0.2, 0.25) is 0 Å². The Kier molecular flexibility index (Phi) is 32.4. The number of carbonyl (C=O) groups excluding carboxylic acids is 1. The molecule has 0 saturated carbocycles. The lowest BCUT2D eigenvalue weighted by molar-refractivity contribution is -0.151. The van der Waals surface area contributed by atoms with Crippen LogP contribution in [0.15, 0.2) is 59.8 Å². The summed E-state index contributed by atoms with van der Waals surface area (Å²) < 4.78 is 5.72. The minimum absolute atomic E-state index is 0.0250. The number of hydrogen-bond acceptors (Lipinski definition) is 17. The lowest BCUT2D eigenvalue weighted by atomic mass is 9.82. The SMILES string of the molecule is C/C1=C\CC[C@@H](C)[C@H](O)[C@@H](C)[C@@H](O)CC/C=C/[C@@H](C)[C@H](O)/C=C/[C@@H](C)[C@H](O)/C(C)=C/[C@@H](O)[C@H](O)C[C@@H](O)C[C@@H](O)C[C@@H](O)[C@@H](C)[C@H](O)[C@@H](C)[C@@H](O)C[C@H](O)C[C@H](O)/C=C/C[C@@H](O)[C@H](C)[C@H](CCC(=O)O)OC1=O. The lowest BCUT2D eigenvalue weighted by Gasteiger charge is -2.33. The summed E-state index contributed by atoms with van der Waals surface area (Å²) in [6.07, 6.45) is -5.39. The van der Waals surface area contributed by atoms with E-state index in [0.717, 1.165) is 0 Å². The maximum absolute atomic E-state index is 13.2. The van der Waals surface area contributed by atoms with Crippen molar-refractivity contribution in [2.75, 3.05) is 0 Å². The van der Waals surface area contributed by atoms with E-state index >= 15 is 0 Å². The maximum atomic E-state index is 13.2. The van der Waals surface area contributed by atoms with Gasteiger partial charge in [0.05, 0.1) is 85.5 Å². The quantitative estimate of drug-likeness (QED) is 0.143. The molecule has 0 saturated heterocycles. The first kappa shape index (κ1) is 68.1. The number of aliphatic hydroxyl groups excluding tert-OH is 14. The van der Waals surface area contributed by atoms with Gasteiger partial charge in [-0.25, -0.2) is 4.79 Å². The van der Waals surface area contributed by atoms with Crippen molar-refractivity contribution in [3.8, 4) is 0 Å². The van der Waals surface area contributed by atoms with Crippen LogP contribution < -0.4 is 0 Å². The van der Waals surface area contributed by atoms with Gasteiger partial charge in [0.25, 0.3) is 0 Å². The van der Waals surface area contributed by atoms with E-state index in [4.69, 9.17) is 4.74 Å². The Morgan fingerprint density at radius 1 is 0.562 bits per heavy atom. The molecular formula is C55H96O18. The van der Waals surface area contributed by atoms with Gasteiger partial charge in [0.1, 0.15) is 6.10 Å². The molecular weight excluding hydrogens is 949 g/mol. The molecule has 18 heteroatoms. The van der Waals surface area contributed by atoms with E-state index in [-0.39, 0.29) is 68.8 Å². The van der Waals surface area contributed by atoms with E-state index in [1.54, 1.807) is 65.8 Å². The monoisotopic (exact) mass is 1040 g/mol. The molecule has 15 N–H and O–H groups in total. The number of carboxylic acid groups (broad SMARTS) is 1. The zero-order valence-corrected chi connectivity index (χ0v) is 44.7. The van der Waals surface area contributed by atoms with Crippen LogP contribution in [0.1, 0.15) is 139 Å². The summed E-state index contributed by atoms with van der Waals surface area (Å²) in [6, 6.07) is 0. The van der Waals surface area contributed by atoms with Crippen LogP contribution in [0.25, 0.3) is 0 Å². The molecule has 0 fully saturated rings. The minimum Gasteiger partial charge on any atom is -0.481 e. The normalized spacial score (nSPS) is 43.6. The molecule has 0 aromatic heterocycles. The van der Waals surface area contributed by atoms with Crippen LogP contribution in [-0.4, -0.2) is 180 Å². The largest absolute Gasteiger partial charge is 0.481 e. The molecule has 0 unspecified atom stereocenters. The minimum atomic E-state index is -1.49. The van der Waals surface area contributed by atoms with Gasteiger partial charge in [-0.05, 0) is 83.1 Å².